The Kier molecular flexibility index (Phi) is 5.54. The molecule has 0 aliphatic carbocycles. The minimum absolute atomic E-state index is 0.0314. The molecule has 0 saturated carbocycles. The van der Waals surface area contributed by atoms with E-state index in [9.17, 15) is 9.59 Å². The van der Waals surface area contributed by atoms with Crippen LogP contribution in [0.15, 0.2) is 18.3 Å². The number of carbonyl (C=O) groups is 2. The summed E-state index contributed by atoms with van der Waals surface area (Å²) in [7, 11) is 6.92. The van der Waals surface area contributed by atoms with Crippen LogP contribution in [0.3, 0.4) is 0 Å². The molecule has 23 heavy (non-hydrogen) atoms. The first-order valence-electron chi connectivity index (χ1n) is 7.60. The summed E-state index contributed by atoms with van der Waals surface area (Å²) >= 11 is 0. The van der Waals surface area contributed by atoms with Crippen LogP contribution >= 0.6 is 0 Å². The van der Waals surface area contributed by atoms with E-state index in [1.54, 1.807) is 54.0 Å². The summed E-state index contributed by atoms with van der Waals surface area (Å²) in [6, 6.07) is 1.84. The fraction of sp³-hybridized carbons (Fsp3) is 0.562. The molecule has 1 aliphatic rings. The molecule has 7 nitrogen and oxygen atoms in total. The fourth-order valence-electron chi connectivity index (χ4n) is 2.70. The summed E-state index contributed by atoms with van der Waals surface area (Å²) in [5.74, 6) is 0.00813. The smallest absolute Gasteiger partial charge is 0.246 e. The third kappa shape index (κ3) is 4.19. The van der Waals surface area contributed by atoms with Crippen LogP contribution in [-0.2, 0) is 21.4 Å². The second kappa shape index (κ2) is 7.41. The third-order valence-corrected chi connectivity index (χ3v) is 4.19. The van der Waals surface area contributed by atoms with Crippen LogP contribution in [0.2, 0.25) is 0 Å². The lowest BCUT2D eigenvalue weighted by atomic mass is 10.0. The van der Waals surface area contributed by atoms with Crippen LogP contribution in [0.25, 0.3) is 6.08 Å². The molecule has 126 valence electrons. The van der Waals surface area contributed by atoms with Gasteiger partial charge in [0.25, 0.3) is 0 Å². The normalized spacial score (nSPS) is 21.1. The van der Waals surface area contributed by atoms with Crippen molar-refractivity contribution < 1.29 is 14.3 Å². The molecular formula is C16H24N4O3. The van der Waals surface area contributed by atoms with E-state index in [4.69, 9.17) is 4.74 Å². The van der Waals surface area contributed by atoms with Crippen molar-refractivity contribution in [3.8, 4) is 0 Å². The lowest BCUT2D eigenvalue weighted by Gasteiger charge is -2.18. The van der Waals surface area contributed by atoms with E-state index in [1.165, 1.54) is 0 Å². The van der Waals surface area contributed by atoms with Crippen molar-refractivity contribution in [3.05, 3.63) is 24.0 Å². The maximum atomic E-state index is 12.3. The first-order chi connectivity index (χ1) is 10.9. The van der Waals surface area contributed by atoms with Crippen molar-refractivity contribution in [1.82, 2.24) is 19.6 Å². The number of aromatic nitrogens is 2. The van der Waals surface area contributed by atoms with Crippen LogP contribution in [0.1, 0.15) is 12.1 Å². The minimum Gasteiger partial charge on any atom is -0.379 e. The maximum Gasteiger partial charge on any atom is 0.246 e. The Morgan fingerprint density at radius 2 is 2.17 bits per heavy atom. The molecule has 1 saturated heterocycles. The highest BCUT2D eigenvalue weighted by molar-refractivity contribution is 5.91. The van der Waals surface area contributed by atoms with Crippen LogP contribution < -0.4 is 0 Å². The van der Waals surface area contributed by atoms with Crippen molar-refractivity contribution in [1.29, 1.82) is 0 Å². The summed E-state index contributed by atoms with van der Waals surface area (Å²) in [6.07, 6.45) is 5.26. The molecule has 0 aromatic carbocycles. The number of amides is 2. The number of rotatable bonds is 5. The molecule has 7 heteroatoms. The zero-order valence-corrected chi connectivity index (χ0v) is 14.1. The molecule has 0 radical (unpaired) electrons. The average molecular weight is 320 g/mol. The van der Waals surface area contributed by atoms with Gasteiger partial charge < -0.3 is 14.5 Å². The van der Waals surface area contributed by atoms with Gasteiger partial charge in [0.2, 0.25) is 11.8 Å². The highest BCUT2D eigenvalue weighted by Gasteiger charge is 2.36. The van der Waals surface area contributed by atoms with E-state index in [0.29, 0.717) is 19.5 Å². The van der Waals surface area contributed by atoms with E-state index in [1.807, 2.05) is 13.1 Å². The van der Waals surface area contributed by atoms with E-state index in [2.05, 4.69) is 5.10 Å². The number of hydrogen-bond acceptors (Lipinski definition) is 4. The standard InChI is InChI=1S/C16H24N4O3/c1-18(2)16(22)9-12-10-20(11-14(12)23-4)15(21)6-5-13-7-8-17-19(13)3/h5-8,12,14H,9-11H2,1-4H3/b6-5+/t12-,14+/m1/s1. The molecule has 1 fully saturated rings. The van der Waals surface area contributed by atoms with Crippen molar-refractivity contribution in [3.63, 3.8) is 0 Å². The molecular weight excluding hydrogens is 296 g/mol. The molecule has 2 atom stereocenters. The molecule has 2 amide bonds. The lowest BCUT2D eigenvalue weighted by Crippen LogP contribution is -2.29. The van der Waals surface area contributed by atoms with E-state index < -0.39 is 0 Å². The molecule has 0 bridgehead atoms. The second-order valence-corrected chi connectivity index (χ2v) is 5.98. The predicted molar refractivity (Wildman–Crippen MR) is 86.4 cm³/mol. The van der Waals surface area contributed by atoms with E-state index in [-0.39, 0.29) is 23.8 Å². The van der Waals surface area contributed by atoms with Crippen LogP contribution in [0.4, 0.5) is 0 Å². The van der Waals surface area contributed by atoms with Crippen molar-refractivity contribution >= 4 is 17.9 Å². The average Bonchev–Trinajstić information content (AvgIpc) is 3.10. The van der Waals surface area contributed by atoms with E-state index >= 15 is 0 Å². The van der Waals surface area contributed by atoms with Gasteiger partial charge in [0.15, 0.2) is 0 Å². The minimum atomic E-state index is -0.104. The Labute approximate surface area is 136 Å². The fourth-order valence-corrected chi connectivity index (χ4v) is 2.70. The summed E-state index contributed by atoms with van der Waals surface area (Å²) in [4.78, 5) is 27.5. The zero-order chi connectivity index (χ0) is 17.0. The summed E-state index contributed by atoms with van der Waals surface area (Å²) < 4.78 is 7.15. The number of likely N-dealkylation sites (tertiary alicyclic amines) is 1. The van der Waals surface area contributed by atoms with Crippen molar-refractivity contribution in [2.45, 2.75) is 12.5 Å². The first-order valence-corrected chi connectivity index (χ1v) is 7.60. The van der Waals surface area contributed by atoms with Gasteiger partial charge in [0, 0.05) is 66.0 Å². The zero-order valence-electron chi connectivity index (χ0n) is 14.1. The molecule has 2 heterocycles. The highest BCUT2D eigenvalue weighted by atomic mass is 16.5. The molecule has 0 unspecified atom stereocenters. The molecule has 0 N–H and O–H groups in total. The Hall–Kier alpha value is -2.15. The van der Waals surface area contributed by atoms with Gasteiger partial charge in [-0.3, -0.25) is 14.3 Å². The molecule has 1 aromatic heterocycles. The van der Waals surface area contributed by atoms with Gasteiger partial charge in [0.05, 0.1) is 11.8 Å². The summed E-state index contributed by atoms with van der Waals surface area (Å²) in [6.45, 7) is 1.04. The predicted octanol–water partition coefficient (Wildman–Crippen LogP) is 0.385. The van der Waals surface area contributed by atoms with Crippen molar-refractivity contribution in [2.75, 3.05) is 34.3 Å². The Morgan fingerprint density at radius 1 is 1.43 bits per heavy atom. The largest absolute Gasteiger partial charge is 0.379 e. The molecule has 2 rings (SSSR count). The van der Waals surface area contributed by atoms with Gasteiger partial charge in [-0.2, -0.15) is 5.10 Å². The quantitative estimate of drug-likeness (QED) is 0.736. The van der Waals surface area contributed by atoms with Crippen molar-refractivity contribution in [2.24, 2.45) is 13.0 Å². The number of carbonyl (C=O) groups excluding carboxylic acids is 2. The SMILES string of the molecule is CO[C@H]1CN(C(=O)/C=C/c2ccnn2C)C[C@H]1CC(=O)N(C)C. The van der Waals surface area contributed by atoms with Gasteiger partial charge in [-0.25, -0.2) is 0 Å². The molecule has 1 aliphatic heterocycles. The van der Waals surface area contributed by atoms with Gasteiger partial charge in [-0.05, 0) is 12.1 Å². The van der Waals surface area contributed by atoms with Gasteiger partial charge in [-0.15, -0.1) is 0 Å². The summed E-state index contributed by atoms with van der Waals surface area (Å²) in [5, 5.41) is 4.06. The lowest BCUT2D eigenvalue weighted by molar-refractivity contribution is -0.130. The third-order valence-electron chi connectivity index (χ3n) is 4.19. The number of nitrogens with zero attached hydrogens (tertiary/aromatic N) is 4. The Bertz CT molecular complexity index is 594. The van der Waals surface area contributed by atoms with Crippen LogP contribution in [-0.4, -0.2) is 71.8 Å². The number of hydrogen-bond donors (Lipinski definition) is 0. The monoisotopic (exact) mass is 320 g/mol. The Morgan fingerprint density at radius 3 is 2.74 bits per heavy atom. The molecule has 1 aromatic rings. The maximum absolute atomic E-state index is 12.3. The first kappa shape index (κ1) is 17.2. The number of methoxy groups -OCH3 is 1. The number of ether oxygens (including phenoxy) is 1. The second-order valence-electron chi connectivity index (χ2n) is 5.98. The van der Waals surface area contributed by atoms with Crippen LogP contribution in [0, 0.1) is 5.92 Å². The van der Waals surface area contributed by atoms with Gasteiger partial charge >= 0.3 is 0 Å². The summed E-state index contributed by atoms with van der Waals surface area (Å²) in [5.41, 5.74) is 0.861. The number of aryl methyl sites for hydroxylation is 1. The van der Waals surface area contributed by atoms with Gasteiger partial charge in [0.1, 0.15) is 0 Å². The highest BCUT2D eigenvalue weighted by Crippen LogP contribution is 2.23. The Balaban J connectivity index is 1.98. The van der Waals surface area contributed by atoms with E-state index in [0.717, 1.165) is 5.69 Å². The van der Waals surface area contributed by atoms with Gasteiger partial charge in [-0.1, -0.05) is 0 Å². The topological polar surface area (TPSA) is 67.7 Å². The van der Waals surface area contributed by atoms with Crippen LogP contribution in [0.5, 0.6) is 0 Å². The molecule has 0 spiro atoms.